The van der Waals surface area contributed by atoms with E-state index >= 15 is 0 Å². The highest BCUT2D eigenvalue weighted by Gasteiger charge is 2.39. The minimum atomic E-state index is -0.407. The second-order valence-corrected chi connectivity index (χ2v) is 5.52. The van der Waals surface area contributed by atoms with E-state index in [2.05, 4.69) is 16.9 Å². The molecule has 0 spiro atoms. The second kappa shape index (κ2) is 4.84. The molecule has 2 rings (SSSR count). The quantitative estimate of drug-likeness (QED) is 0.877. The number of hydrogen-bond donors (Lipinski definition) is 1. The van der Waals surface area contributed by atoms with Gasteiger partial charge in [-0.1, -0.05) is 13.3 Å². The first-order valence-electron chi connectivity index (χ1n) is 6.61. The first-order chi connectivity index (χ1) is 8.48. The van der Waals surface area contributed by atoms with Crippen LogP contribution in [-0.4, -0.2) is 17.1 Å². The Morgan fingerprint density at radius 1 is 1.44 bits per heavy atom. The first-order valence-corrected chi connectivity index (χ1v) is 6.61. The smallest absolute Gasteiger partial charge is 0.254 e. The summed E-state index contributed by atoms with van der Waals surface area (Å²) in [6.07, 6.45) is 4.19. The Bertz CT molecular complexity index is 495. The van der Waals surface area contributed by atoms with Gasteiger partial charge in [-0.25, -0.2) is 4.98 Å². The topological polar surface area (TPSA) is 55.0 Å². The molecule has 2 atom stereocenters. The molecule has 0 aromatic carbocycles. The van der Waals surface area contributed by atoms with E-state index in [1.54, 1.807) is 14.0 Å². The van der Waals surface area contributed by atoms with Gasteiger partial charge in [0.2, 0.25) is 0 Å². The minimum absolute atomic E-state index is 0.0489. The average Bonchev–Trinajstić information content (AvgIpc) is 2.35. The van der Waals surface area contributed by atoms with Crippen molar-refractivity contribution in [2.24, 2.45) is 5.92 Å². The summed E-state index contributed by atoms with van der Waals surface area (Å²) in [4.78, 5) is 19.4. The number of aromatic amines is 1. The van der Waals surface area contributed by atoms with Gasteiger partial charge in [0.1, 0.15) is 11.4 Å². The monoisotopic (exact) mass is 250 g/mol. The predicted octanol–water partition coefficient (Wildman–Crippen LogP) is 2.44. The maximum absolute atomic E-state index is 11.9. The molecule has 2 unspecified atom stereocenters. The Balaban J connectivity index is 2.47. The van der Waals surface area contributed by atoms with Crippen LogP contribution in [0.25, 0.3) is 0 Å². The normalized spacial score (nSPS) is 28.3. The molecule has 0 bridgehead atoms. The third kappa shape index (κ3) is 2.21. The number of nitrogens with one attached hydrogen (secondary N) is 1. The lowest BCUT2D eigenvalue weighted by molar-refractivity contribution is -0.0649. The molecule has 100 valence electrons. The lowest BCUT2D eigenvalue weighted by atomic mass is 9.78. The molecule has 1 aromatic rings. The van der Waals surface area contributed by atoms with Crippen LogP contribution in [0.4, 0.5) is 0 Å². The zero-order chi connectivity index (χ0) is 13.3. The lowest BCUT2D eigenvalue weighted by Crippen LogP contribution is -2.38. The van der Waals surface area contributed by atoms with Gasteiger partial charge < -0.3 is 9.72 Å². The molecule has 1 N–H and O–H groups in total. The van der Waals surface area contributed by atoms with Gasteiger partial charge in [0.25, 0.3) is 5.56 Å². The van der Waals surface area contributed by atoms with Crippen molar-refractivity contribution in [3.05, 3.63) is 27.4 Å². The fourth-order valence-corrected chi connectivity index (χ4v) is 2.86. The van der Waals surface area contributed by atoms with Gasteiger partial charge in [-0.05, 0) is 39.0 Å². The van der Waals surface area contributed by atoms with Gasteiger partial charge in [-0.15, -0.1) is 0 Å². The van der Waals surface area contributed by atoms with E-state index in [9.17, 15) is 4.79 Å². The van der Waals surface area contributed by atoms with E-state index in [-0.39, 0.29) is 5.56 Å². The molecule has 4 nitrogen and oxygen atoms in total. The zero-order valence-electron chi connectivity index (χ0n) is 11.7. The number of aromatic nitrogens is 2. The van der Waals surface area contributed by atoms with Crippen molar-refractivity contribution in [1.29, 1.82) is 0 Å². The minimum Gasteiger partial charge on any atom is -0.370 e. The molecule has 0 saturated heterocycles. The molecule has 1 fully saturated rings. The van der Waals surface area contributed by atoms with Gasteiger partial charge in [-0.2, -0.15) is 0 Å². The molecule has 18 heavy (non-hydrogen) atoms. The van der Waals surface area contributed by atoms with Gasteiger partial charge in [0.15, 0.2) is 0 Å². The van der Waals surface area contributed by atoms with Gasteiger partial charge in [-0.3, -0.25) is 4.79 Å². The highest BCUT2D eigenvalue weighted by Crippen LogP contribution is 2.40. The van der Waals surface area contributed by atoms with Crippen molar-refractivity contribution in [3.63, 3.8) is 0 Å². The molecular formula is C14H22N2O2. The van der Waals surface area contributed by atoms with E-state index in [0.29, 0.717) is 17.3 Å². The van der Waals surface area contributed by atoms with Crippen molar-refractivity contribution in [3.8, 4) is 0 Å². The molecule has 1 aliphatic rings. The Kier molecular flexibility index (Phi) is 3.57. The first kappa shape index (κ1) is 13.3. The zero-order valence-corrected chi connectivity index (χ0v) is 11.7. The Morgan fingerprint density at radius 3 is 2.72 bits per heavy atom. The summed E-state index contributed by atoms with van der Waals surface area (Å²) >= 11 is 0. The van der Waals surface area contributed by atoms with Crippen LogP contribution in [0.15, 0.2) is 4.79 Å². The number of ether oxygens (including phenoxy) is 1. The van der Waals surface area contributed by atoms with Crippen molar-refractivity contribution >= 4 is 0 Å². The molecule has 1 aromatic heterocycles. The van der Waals surface area contributed by atoms with Crippen LogP contribution < -0.4 is 5.56 Å². The van der Waals surface area contributed by atoms with Crippen molar-refractivity contribution < 1.29 is 4.74 Å². The van der Waals surface area contributed by atoms with Gasteiger partial charge >= 0.3 is 0 Å². The lowest BCUT2D eigenvalue weighted by Gasteiger charge is -2.38. The average molecular weight is 250 g/mol. The fourth-order valence-electron chi connectivity index (χ4n) is 2.86. The summed E-state index contributed by atoms with van der Waals surface area (Å²) in [6.45, 7) is 5.91. The number of methoxy groups -OCH3 is 1. The SMILES string of the molecule is COC1(c2nc(C)c(C)c(=O)[nH]2)CCCC(C)C1. The van der Waals surface area contributed by atoms with Crippen LogP contribution in [-0.2, 0) is 10.3 Å². The molecule has 0 amide bonds. The van der Waals surface area contributed by atoms with Gasteiger partial charge in [0.05, 0.1) is 0 Å². The number of nitrogens with zero attached hydrogens (tertiary/aromatic N) is 1. The van der Waals surface area contributed by atoms with Crippen LogP contribution in [0.5, 0.6) is 0 Å². The predicted molar refractivity (Wildman–Crippen MR) is 70.7 cm³/mol. The summed E-state index contributed by atoms with van der Waals surface area (Å²) in [5, 5.41) is 0. The molecule has 1 aliphatic carbocycles. The summed E-state index contributed by atoms with van der Waals surface area (Å²) in [5.74, 6) is 1.30. The highest BCUT2D eigenvalue weighted by atomic mass is 16.5. The molecule has 1 saturated carbocycles. The summed E-state index contributed by atoms with van der Waals surface area (Å²) in [7, 11) is 1.72. The maximum Gasteiger partial charge on any atom is 0.254 e. The van der Waals surface area contributed by atoms with Crippen LogP contribution >= 0.6 is 0 Å². The maximum atomic E-state index is 11.9. The van der Waals surface area contributed by atoms with E-state index in [4.69, 9.17) is 4.74 Å². The van der Waals surface area contributed by atoms with Crippen LogP contribution in [0.3, 0.4) is 0 Å². The fraction of sp³-hybridized carbons (Fsp3) is 0.714. The summed E-state index contributed by atoms with van der Waals surface area (Å²) in [6, 6.07) is 0. The number of rotatable bonds is 2. The summed E-state index contributed by atoms with van der Waals surface area (Å²) < 4.78 is 5.75. The van der Waals surface area contributed by atoms with Crippen molar-refractivity contribution in [2.75, 3.05) is 7.11 Å². The highest BCUT2D eigenvalue weighted by molar-refractivity contribution is 5.17. The largest absolute Gasteiger partial charge is 0.370 e. The van der Waals surface area contributed by atoms with E-state index in [1.807, 2.05) is 6.92 Å². The molecule has 0 radical (unpaired) electrons. The molecule has 4 heteroatoms. The van der Waals surface area contributed by atoms with Gasteiger partial charge in [0, 0.05) is 18.4 Å². The van der Waals surface area contributed by atoms with Crippen molar-refractivity contribution in [1.82, 2.24) is 9.97 Å². The van der Waals surface area contributed by atoms with E-state index in [0.717, 1.165) is 25.0 Å². The second-order valence-electron chi connectivity index (χ2n) is 5.52. The van der Waals surface area contributed by atoms with E-state index < -0.39 is 5.60 Å². The standard InChI is InChI=1S/C14H22N2O2/c1-9-6-5-7-14(8-9,18-4)13-15-11(3)10(2)12(17)16-13/h9H,5-8H2,1-4H3,(H,15,16,17). The third-order valence-corrected chi connectivity index (χ3v) is 4.17. The Morgan fingerprint density at radius 2 is 2.17 bits per heavy atom. The number of hydrogen-bond acceptors (Lipinski definition) is 3. The van der Waals surface area contributed by atoms with Crippen LogP contribution in [0.2, 0.25) is 0 Å². The molecular weight excluding hydrogens is 228 g/mol. The number of H-pyrrole nitrogens is 1. The third-order valence-electron chi connectivity index (χ3n) is 4.17. The molecule has 0 aliphatic heterocycles. The molecule has 1 heterocycles. The van der Waals surface area contributed by atoms with Crippen molar-refractivity contribution in [2.45, 2.75) is 52.1 Å². The number of aryl methyl sites for hydroxylation is 1. The Hall–Kier alpha value is -1.16. The van der Waals surface area contributed by atoms with Crippen LogP contribution in [0.1, 0.15) is 49.7 Å². The summed E-state index contributed by atoms with van der Waals surface area (Å²) in [5.41, 5.74) is 1.03. The van der Waals surface area contributed by atoms with Crippen LogP contribution in [0, 0.1) is 19.8 Å². The van der Waals surface area contributed by atoms with E-state index in [1.165, 1.54) is 6.42 Å². The Labute approximate surface area is 108 Å².